The minimum atomic E-state index is -0.398. The molecule has 0 aliphatic carbocycles. The summed E-state index contributed by atoms with van der Waals surface area (Å²) in [7, 11) is 1.63. The molecule has 0 saturated heterocycles. The van der Waals surface area contributed by atoms with Gasteiger partial charge in [-0.15, -0.1) is 0 Å². The Labute approximate surface area is 94.6 Å². The summed E-state index contributed by atoms with van der Waals surface area (Å²) in [4.78, 5) is 10.2. The Bertz CT molecular complexity index is 379. The van der Waals surface area contributed by atoms with E-state index in [1.807, 2.05) is 13.8 Å². The lowest BCUT2D eigenvalue weighted by atomic mass is 10.2. The van der Waals surface area contributed by atoms with Crippen LogP contribution in [-0.4, -0.2) is 24.7 Å². The summed E-state index contributed by atoms with van der Waals surface area (Å²) in [6.45, 7) is 4.46. The van der Waals surface area contributed by atoms with Crippen LogP contribution >= 0.6 is 0 Å². The van der Waals surface area contributed by atoms with Crippen molar-refractivity contribution in [2.75, 3.05) is 19.0 Å². The van der Waals surface area contributed by atoms with E-state index in [4.69, 9.17) is 4.74 Å². The first-order chi connectivity index (χ1) is 7.54. The Hall–Kier alpha value is -1.62. The van der Waals surface area contributed by atoms with Gasteiger partial charge in [-0.2, -0.15) is 0 Å². The van der Waals surface area contributed by atoms with Crippen LogP contribution in [0, 0.1) is 17.0 Å². The van der Waals surface area contributed by atoms with E-state index in [2.05, 4.69) is 5.32 Å². The van der Waals surface area contributed by atoms with Gasteiger partial charge in [0, 0.05) is 31.5 Å². The third-order valence-electron chi connectivity index (χ3n) is 2.41. The van der Waals surface area contributed by atoms with Gasteiger partial charge in [0.15, 0.2) is 0 Å². The number of benzene rings is 1. The molecule has 1 aromatic rings. The number of non-ortho nitro benzene ring substituents is 1. The van der Waals surface area contributed by atoms with Crippen LogP contribution in [0.25, 0.3) is 0 Å². The highest BCUT2D eigenvalue weighted by atomic mass is 16.6. The van der Waals surface area contributed by atoms with Crippen molar-refractivity contribution in [3.05, 3.63) is 33.9 Å². The van der Waals surface area contributed by atoms with Crippen molar-refractivity contribution in [1.29, 1.82) is 0 Å². The van der Waals surface area contributed by atoms with E-state index in [0.29, 0.717) is 6.54 Å². The minimum absolute atomic E-state index is 0.0682. The molecular formula is C11H16N2O3. The normalized spacial score (nSPS) is 12.2. The number of ether oxygens (including phenoxy) is 1. The molecule has 1 unspecified atom stereocenters. The molecule has 1 atom stereocenters. The zero-order valence-corrected chi connectivity index (χ0v) is 9.69. The van der Waals surface area contributed by atoms with Gasteiger partial charge in [0.25, 0.3) is 5.69 Å². The highest BCUT2D eigenvalue weighted by molar-refractivity contribution is 5.56. The third-order valence-corrected chi connectivity index (χ3v) is 2.41. The number of nitrogens with zero attached hydrogens (tertiary/aromatic N) is 1. The second kappa shape index (κ2) is 5.46. The van der Waals surface area contributed by atoms with Crippen LogP contribution in [-0.2, 0) is 4.74 Å². The van der Waals surface area contributed by atoms with Crippen LogP contribution in [0.15, 0.2) is 18.2 Å². The molecule has 0 aromatic heterocycles. The molecule has 0 saturated carbocycles. The van der Waals surface area contributed by atoms with Gasteiger partial charge < -0.3 is 10.1 Å². The van der Waals surface area contributed by atoms with Crippen LogP contribution < -0.4 is 5.32 Å². The number of rotatable bonds is 5. The van der Waals surface area contributed by atoms with Crippen LogP contribution in [0.5, 0.6) is 0 Å². The highest BCUT2D eigenvalue weighted by Crippen LogP contribution is 2.21. The number of methoxy groups -OCH3 is 1. The first kappa shape index (κ1) is 12.4. The maximum absolute atomic E-state index is 10.6. The Kier molecular flexibility index (Phi) is 4.25. The summed E-state index contributed by atoms with van der Waals surface area (Å²) < 4.78 is 5.09. The van der Waals surface area contributed by atoms with E-state index in [-0.39, 0.29) is 11.8 Å². The molecule has 1 rings (SSSR count). The van der Waals surface area contributed by atoms with Crippen molar-refractivity contribution in [2.45, 2.75) is 20.0 Å². The molecule has 5 heteroatoms. The van der Waals surface area contributed by atoms with Crippen molar-refractivity contribution in [3.63, 3.8) is 0 Å². The van der Waals surface area contributed by atoms with E-state index >= 15 is 0 Å². The fraction of sp³-hybridized carbons (Fsp3) is 0.455. The third kappa shape index (κ3) is 3.20. The number of nitro benzene ring substituents is 1. The number of anilines is 1. The van der Waals surface area contributed by atoms with Gasteiger partial charge >= 0.3 is 0 Å². The van der Waals surface area contributed by atoms with Gasteiger partial charge in [0.2, 0.25) is 0 Å². The predicted octanol–water partition coefficient (Wildman–Crippen LogP) is 2.35. The molecule has 0 radical (unpaired) electrons. The lowest BCUT2D eigenvalue weighted by Gasteiger charge is -2.13. The second-order valence-corrected chi connectivity index (χ2v) is 3.68. The molecule has 0 heterocycles. The fourth-order valence-electron chi connectivity index (χ4n) is 1.25. The summed E-state index contributed by atoms with van der Waals surface area (Å²) in [6.07, 6.45) is 0.0682. The molecule has 0 bridgehead atoms. The summed E-state index contributed by atoms with van der Waals surface area (Å²) in [6, 6.07) is 4.77. The first-order valence-electron chi connectivity index (χ1n) is 5.06. The average molecular weight is 224 g/mol. The molecule has 16 heavy (non-hydrogen) atoms. The molecule has 88 valence electrons. The predicted molar refractivity (Wildman–Crippen MR) is 62.8 cm³/mol. The summed E-state index contributed by atoms with van der Waals surface area (Å²) in [5, 5.41) is 13.7. The van der Waals surface area contributed by atoms with Crippen LogP contribution in [0.2, 0.25) is 0 Å². The van der Waals surface area contributed by atoms with E-state index in [1.54, 1.807) is 13.2 Å². The molecule has 5 nitrogen and oxygen atoms in total. The molecular weight excluding hydrogens is 208 g/mol. The van der Waals surface area contributed by atoms with Crippen molar-refractivity contribution in [3.8, 4) is 0 Å². The van der Waals surface area contributed by atoms with Crippen LogP contribution in [0.1, 0.15) is 12.5 Å². The first-order valence-corrected chi connectivity index (χ1v) is 5.06. The van der Waals surface area contributed by atoms with Gasteiger partial charge in [-0.1, -0.05) is 6.07 Å². The topological polar surface area (TPSA) is 64.4 Å². The van der Waals surface area contributed by atoms with Gasteiger partial charge in [-0.05, 0) is 19.4 Å². The van der Waals surface area contributed by atoms with Crippen molar-refractivity contribution < 1.29 is 9.66 Å². The summed E-state index contributed by atoms with van der Waals surface area (Å²) in [5.41, 5.74) is 1.85. The SMILES string of the molecule is COC(C)CNc1cc([N+](=O)[O-])ccc1C. The molecule has 1 N–H and O–H groups in total. The zero-order chi connectivity index (χ0) is 12.1. The van der Waals surface area contributed by atoms with Crippen molar-refractivity contribution in [1.82, 2.24) is 0 Å². The van der Waals surface area contributed by atoms with E-state index in [1.165, 1.54) is 12.1 Å². The maximum atomic E-state index is 10.6. The van der Waals surface area contributed by atoms with Gasteiger partial charge in [-0.3, -0.25) is 10.1 Å². The molecule has 1 aromatic carbocycles. The zero-order valence-electron chi connectivity index (χ0n) is 9.69. The number of nitrogens with one attached hydrogen (secondary N) is 1. The lowest BCUT2D eigenvalue weighted by molar-refractivity contribution is -0.384. The van der Waals surface area contributed by atoms with E-state index < -0.39 is 4.92 Å². The minimum Gasteiger partial charge on any atom is -0.382 e. The van der Waals surface area contributed by atoms with Crippen molar-refractivity contribution in [2.24, 2.45) is 0 Å². The standard InChI is InChI=1S/C11H16N2O3/c1-8-4-5-10(13(14)15)6-11(8)12-7-9(2)16-3/h4-6,9,12H,7H2,1-3H3. The van der Waals surface area contributed by atoms with Crippen molar-refractivity contribution >= 4 is 11.4 Å². The van der Waals surface area contributed by atoms with Gasteiger partial charge in [0.05, 0.1) is 11.0 Å². The van der Waals surface area contributed by atoms with Crippen LogP contribution in [0.4, 0.5) is 11.4 Å². The maximum Gasteiger partial charge on any atom is 0.271 e. The molecule has 0 fully saturated rings. The lowest BCUT2D eigenvalue weighted by Crippen LogP contribution is -2.18. The number of nitro groups is 1. The quantitative estimate of drug-likeness (QED) is 0.616. The summed E-state index contributed by atoms with van der Waals surface area (Å²) >= 11 is 0. The van der Waals surface area contributed by atoms with E-state index in [9.17, 15) is 10.1 Å². The Balaban J connectivity index is 2.78. The number of aryl methyl sites for hydroxylation is 1. The fourth-order valence-corrected chi connectivity index (χ4v) is 1.25. The monoisotopic (exact) mass is 224 g/mol. The van der Waals surface area contributed by atoms with Crippen LogP contribution in [0.3, 0.4) is 0 Å². The van der Waals surface area contributed by atoms with Gasteiger partial charge in [0.1, 0.15) is 0 Å². The average Bonchev–Trinajstić information content (AvgIpc) is 2.27. The Morgan fingerprint density at radius 2 is 2.25 bits per heavy atom. The molecule has 0 spiro atoms. The Morgan fingerprint density at radius 3 is 2.81 bits per heavy atom. The molecule has 0 amide bonds. The van der Waals surface area contributed by atoms with E-state index in [0.717, 1.165) is 11.3 Å². The number of hydrogen-bond acceptors (Lipinski definition) is 4. The second-order valence-electron chi connectivity index (χ2n) is 3.68. The Morgan fingerprint density at radius 1 is 1.56 bits per heavy atom. The smallest absolute Gasteiger partial charge is 0.271 e. The number of hydrogen-bond donors (Lipinski definition) is 1. The summed E-state index contributed by atoms with van der Waals surface area (Å²) in [5.74, 6) is 0. The largest absolute Gasteiger partial charge is 0.382 e. The van der Waals surface area contributed by atoms with Gasteiger partial charge in [-0.25, -0.2) is 0 Å². The molecule has 0 aliphatic heterocycles. The highest BCUT2D eigenvalue weighted by Gasteiger charge is 2.09. The molecule has 0 aliphatic rings.